The van der Waals surface area contributed by atoms with Crippen molar-refractivity contribution < 1.29 is 4.74 Å². The molecule has 1 saturated heterocycles. The Morgan fingerprint density at radius 1 is 0.957 bits per heavy atom. The largest absolute Gasteiger partial charge is 0.377 e. The normalized spacial score (nSPS) is 20.7. The van der Waals surface area contributed by atoms with Crippen LogP contribution < -0.4 is 0 Å². The molecule has 0 radical (unpaired) electrons. The molecule has 0 N–H and O–H groups in total. The van der Waals surface area contributed by atoms with Crippen molar-refractivity contribution in [2.24, 2.45) is 0 Å². The summed E-state index contributed by atoms with van der Waals surface area (Å²) in [6.07, 6.45) is 5.27. The molecule has 3 rings (SSSR count). The van der Waals surface area contributed by atoms with Crippen LogP contribution in [0.3, 0.4) is 0 Å². The summed E-state index contributed by atoms with van der Waals surface area (Å²) in [5.41, 5.74) is 0. The Bertz CT molecular complexity index is 479. The number of aryl methyl sites for hydroxylation is 1. The number of hydrogen-bond donors (Lipinski definition) is 0. The van der Waals surface area contributed by atoms with E-state index in [1.54, 1.807) is 0 Å². The number of piperazine rings is 1. The van der Waals surface area contributed by atoms with E-state index in [1.165, 1.54) is 30.9 Å². The minimum Gasteiger partial charge on any atom is -0.377 e. The SMILES string of the molecule is CC(C)OCCN1CCN(Cc2nnc3n2CCCCC3)CC1. The second kappa shape index (κ2) is 8.22. The van der Waals surface area contributed by atoms with Crippen LogP contribution in [0.5, 0.6) is 0 Å². The lowest BCUT2D eigenvalue weighted by molar-refractivity contribution is 0.0432. The van der Waals surface area contributed by atoms with Gasteiger partial charge in [0, 0.05) is 45.7 Å². The van der Waals surface area contributed by atoms with Crippen molar-refractivity contribution in [1.82, 2.24) is 24.6 Å². The summed E-state index contributed by atoms with van der Waals surface area (Å²) in [7, 11) is 0. The van der Waals surface area contributed by atoms with Crippen LogP contribution in [0.1, 0.15) is 44.8 Å². The number of hydrogen-bond acceptors (Lipinski definition) is 5. The first-order chi connectivity index (χ1) is 11.2. The van der Waals surface area contributed by atoms with Gasteiger partial charge in [-0.2, -0.15) is 0 Å². The Balaban J connectivity index is 1.45. The molecule has 0 amide bonds. The second-order valence-corrected chi connectivity index (χ2v) is 7.03. The quantitative estimate of drug-likeness (QED) is 0.795. The van der Waals surface area contributed by atoms with Gasteiger partial charge in [-0.1, -0.05) is 6.42 Å². The zero-order valence-corrected chi connectivity index (χ0v) is 14.7. The monoisotopic (exact) mass is 321 g/mol. The molecule has 1 aromatic rings. The summed E-state index contributed by atoms with van der Waals surface area (Å²) in [5, 5.41) is 8.87. The van der Waals surface area contributed by atoms with Gasteiger partial charge in [-0.15, -0.1) is 10.2 Å². The molecule has 0 atom stereocenters. The lowest BCUT2D eigenvalue weighted by Crippen LogP contribution is -2.47. The summed E-state index contributed by atoms with van der Waals surface area (Å²) in [4.78, 5) is 5.02. The van der Waals surface area contributed by atoms with Gasteiger partial charge in [0.25, 0.3) is 0 Å². The van der Waals surface area contributed by atoms with E-state index in [4.69, 9.17) is 4.74 Å². The number of fused-ring (bicyclic) bond motifs is 1. The zero-order valence-electron chi connectivity index (χ0n) is 14.7. The van der Waals surface area contributed by atoms with Crippen LogP contribution in [-0.4, -0.2) is 70.0 Å². The van der Waals surface area contributed by atoms with Gasteiger partial charge >= 0.3 is 0 Å². The Hall–Kier alpha value is -0.980. The minimum absolute atomic E-state index is 0.333. The number of ether oxygens (including phenoxy) is 1. The first-order valence-corrected chi connectivity index (χ1v) is 9.19. The van der Waals surface area contributed by atoms with Gasteiger partial charge < -0.3 is 9.30 Å². The molecule has 0 aliphatic carbocycles. The molecular formula is C17H31N5O. The van der Waals surface area contributed by atoms with Gasteiger partial charge in [-0.05, 0) is 26.7 Å². The third kappa shape index (κ3) is 4.75. The van der Waals surface area contributed by atoms with Crippen LogP contribution in [0.4, 0.5) is 0 Å². The highest BCUT2D eigenvalue weighted by Gasteiger charge is 2.20. The average Bonchev–Trinajstić information content (AvgIpc) is 2.77. The van der Waals surface area contributed by atoms with Crippen LogP contribution in [0.2, 0.25) is 0 Å². The van der Waals surface area contributed by atoms with Crippen LogP contribution in [0.25, 0.3) is 0 Å². The molecule has 0 aromatic carbocycles. The number of aromatic nitrogens is 3. The van der Waals surface area contributed by atoms with Crippen molar-refractivity contribution in [3.8, 4) is 0 Å². The van der Waals surface area contributed by atoms with E-state index in [1.807, 2.05) is 0 Å². The van der Waals surface area contributed by atoms with Gasteiger partial charge in [0.15, 0.2) is 0 Å². The van der Waals surface area contributed by atoms with E-state index in [0.717, 1.165) is 58.8 Å². The summed E-state index contributed by atoms with van der Waals surface area (Å²) in [6.45, 7) is 12.6. The van der Waals surface area contributed by atoms with Crippen LogP contribution >= 0.6 is 0 Å². The maximum Gasteiger partial charge on any atom is 0.147 e. The second-order valence-electron chi connectivity index (χ2n) is 7.03. The molecule has 130 valence electrons. The first kappa shape index (κ1) is 16.9. The highest BCUT2D eigenvalue weighted by atomic mass is 16.5. The molecule has 0 saturated carbocycles. The topological polar surface area (TPSA) is 46.4 Å². The van der Waals surface area contributed by atoms with Gasteiger partial charge in [0.05, 0.1) is 19.3 Å². The predicted octanol–water partition coefficient (Wildman–Crippen LogP) is 1.55. The smallest absolute Gasteiger partial charge is 0.147 e. The highest BCUT2D eigenvalue weighted by Crippen LogP contribution is 2.16. The Morgan fingerprint density at radius 3 is 2.52 bits per heavy atom. The fourth-order valence-electron chi connectivity index (χ4n) is 3.45. The zero-order chi connectivity index (χ0) is 16.1. The molecule has 2 aliphatic heterocycles. The molecule has 0 unspecified atom stereocenters. The maximum absolute atomic E-state index is 5.65. The molecule has 23 heavy (non-hydrogen) atoms. The maximum atomic E-state index is 5.65. The van der Waals surface area contributed by atoms with Crippen molar-refractivity contribution in [2.45, 2.75) is 58.7 Å². The third-order valence-electron chi connectivity index (χ3n) is 4.87. The number of nitrogens with zero attached hydrogens (tertiary/aromatic N) is 5. The van der Waals surface area contributed by atoms with E-state index < -0.39 is 0 Å². The summed E-state index contributed by atoms with van der Waals surface area (Å²) >= 11 is 0. The fraction of sp³-hybridized carbons (Fsp3) is 0.882. The van der Waals surface area contributed by atoms with Crippen LogP contribution in [-0.2, 0) is 24.2 Å². The van der Waals surface area contributed by atoms with E-state index >= 15 is 0 Å². The lowest BCUT2D eigenvalue weighted by Gasteiger charge is -2.34. The van der Waals surface area contributed by atoms with E-state index in [2.05, 4.69) is 38.4 Å². The fourth-order valence-corrected chi connectivity index (χ4v) is 3.45. The van der Waals surface area contributed by atoms with Crippen molar-refractivity contribution >= 4 is 0 Å². The predicted molar refractivity (Wildman–Crippen MR) is 90.4 cm³/mol. The van der Waals surface area contributed by atoms with Crippen molar-refractivity contribution in [3.05, 3.63) is 11.6 Å². The van der Waals surface area contributed by atoms with Gasteiger partial charge in [0.2, 0.25) is 0 Å². The standard InChI is InChI=1S/C17H31N5O/c1-15(2)23-13-12-20-8-10-21(11-9-20)14-17-19-18-16-6-4-3-5-7-22(16)17/h15H,3-14H2,1-2H3. The Kier molecular flexibility index (Phi) is 6.02. The van der Waals surface area contributed by atoms with Crippen molar-refractivity contribution in [3.63, 3.8) is 0 Å². The van der Waals surface area contributed by atoms with Crippen molar-refractivity contribution in [1.29, 1.82) is 0 Å². The number of rotatable bonds is 6. The van der Waals surface area contributed by atoms with Gasteiger partial charge in [-0.3, -0.25) is 9.80 Å². The van der Waals surface area contributed by atoms with E-state index in [9.17, 15) is 0 Å². The highest BCUT2D eigenvalue weighted by molar-refractivity contribution is 4.98. The molecule has 0 bridgehead atoms. The molecule has 6 heteroatoms. The molecule has 3 heterocycles. The summed E-state index contributed by atoms with van der Waals surface area (Å²) in [6, 6.07) is 0. The molecule has 6 nitrogen and oxygen atoms in total. The molecule has 0 spiro atoms. The average molecular weight is 321 g/mol. The summed E-state index contributed by atoms with van der Waals surface area (Å²) < 4.78 is 8.02. The van der Waals surface area contributed by atoms with Gasteiger partial charge in [-0.25, -0.2) is 0 Å². The molecule has 1 fully saturated rings. The van der Waals surface area contributed by atoms with Gasteiger partial charge in [0.1, 0.15) is 11.6 Å². The lowest BCUT2D eigenvalue weighted by atomic mass is 10.2. The van der Waals surface area contributed by atoms with Crippen LogP contribution in [0.15, 0.2) is 0 Å². The first-order valence-electron chi connectivity index (χ1n) is 9.19. The summed E-state index contributed by atoms with van der Waals surface area (Å²) in [5.74, 6) is 2.36. The van der Waals surface area contributed by atoms with Crippen LogP contribution in [0, 0.1) is 0 Å². The third-order valence-corrected chi connectivity index (χ3v) is 4.87. The Morgan fingerprint density at radius 2 is 1.74 bits per heavy atom. The van der Waals surface area contributed by atoms with Crippen molar-refractivity contribution in [2.75, 3.05) is 39.3 Å². The van der Waals surface area contributed by atoms with E-state index in [0.29, 0.717) is 6.10 Å². The Labute approximate surface area is 139 Å². The molecular weight excluding hydrogens is 290 g/mol. The minimum atomic E-state index is 0.333. The molecule has 2 aliphatic rings. The molecule has 1 aromatic heterocycles. The van der Waals surface area contributed by atoms with E-state index in [-0.39, 0.29) is 0 Å².